The molecule has 0 bridgehead atoms. The molecule has 0 aliphatic heterocycles. The van der Waals surface area contributed by atoms with Crippen molar-refractivity contribution in [3.63, 3.8) is 0 Å². The third-order valence-corrected chi connectivity index (χ3v) is 1.88. The van der Waals surface area contributed by atoms with E-state index in [9.17, 15) is 10.1 Å². The molecule has 82 valence electrons. The molecule has 0 unspecified atom stereocenters. The van der Waals surface area contributed by atoms with Gasteiger partial charge in [-0.3, -0.25) is 4.98 Å². The highest BCUT2D eigenvalue weighted by atomic mass is 16.6. The first-order valence-corrected chi connectivity index (χ1v) is 4.38. The van der Waals surface area contributed by atoms with Crippen LogP contribution in [-0.4, -0.2) is 24.4 Å². The van der Waals surface area contributed by atoms with Crippen LogP contribution in [0.4, 0.5) is 11.6 Å². The van der Waals surface area contributed by atoms with Crippen molar-refractivity contribution in [1.29, 1.82) is 0 Å². The van der Waals surface area contributed by atoms with Gasteiger partial charge < -0.3 is 20.4 Å². The molecule has 2 aromatic rings. The molecule has 0 aromatic carbocycles. The van der Waals surface area contributed by atoms with E-state index in [-0.39, 0.29) is 5.82 Å². The van der Waals surface area contributed by atoms with E-state index in [1.54, 1.807) is 4.57 Å². The van der Waals surface area contributed by atoms with Crippen LogP contribution in [0, 0.1) is 10.1 Å². The molecule has 2 heterocycles. The zero-order valence-electron chi connectivity index (χ0n) is 8.15. The number of imidazole rings is 1. The molecular formula is C8H8N6O2. The lowest BCUT2D eigenvalue weighted by atomic mass is 10.4. The van der Waals surface area contributed by atoms with Gasteiger partial charge in [-0.1, -0.05) is 0 Å². The summed E-state index contributed by atoms with van der Waals surface area (Å²) in [6.07, 6.45) is 5.65. The van der Waals surface area contributed by atoms with E-state index in [4.69, 9.17) is 5.73 Å². The number of hydrogen-bond acceptors (Lipinski definition) is 6. The lowest BCUT2D eigenvalue weighted by molar-refractivity contribution is -0.389. The van der Waals surface area contributed by atoms with Crippen LogP contribution in [-0.2, 0) is 6.54 Å². The Morgan fingerprint density at radius 2 is 2.19 bits per heavy atom. The monoisotopic (exact) mass is 220 g/mol. The molecule has 8 heteroatoms. The summed E-state index contributed by atoms with van der Waals surface area (Å²) in [6, 6.07) is 0. The molecular weight excluding hydrogens is 212 g/mol. The molecule has 0 amide bonds. The Hall–Kier alpha value is -2.51. The molecule has 0 saturated carbocycles. The van der Waals surface area contributed by atoms with Crippen LogP contribution in [0.2, 0.25) is 0 Å². The van der Waals surface area contributed by atoms with Crippen molar-refractivity contribution >= 4 is 11.6 Å². The number of nitrogens with zero attached hydrogens (tertiary/aromatic N) is 5. The van der Waals surface area contributed by atoms with Gasteiger partial charge in [0.2, 0.25) is 6.33 Å². The average molecular weight is 220 g/mol. The zero-order valence-corrected chi connectivity index (χ0v) is 8.15. The Morgan fingerprint density at radius 3 is 2.75 bits per heavy atom. The van der Waals surface area contributed by atoms with E-state index in [2.05, 4.69) is 15.0 Å². The van der Waals surface area contributed by atoms with Crippen LogP contribution in [0.15, 0.2) is 24.9 Å². The lowest BCUT2D eigenvalue weighted by Crippen LogP contribution is -2.01. The highest BCUT2D eigenvalue weighted by molar-refractivity contribution is 5.23. The average Bonchev–Trinajstić information content (AvgIpc) is 2.70. The van der Waals surface area contributed by atoms with Gasteiger partial charge in [-0.05, 0) is 9.91 Å². The molecule has 2 rings (SSSR count). The topological polar surface area (TPSA) is 113 Å². The van der Waals surface area contributed by atoms with Crippen molar-refractivity contribution < 1.29 is 4.92 Å². The van der Waals surface area contributed by atoms with Crippen molar-refractivity contribution in [3.05, 3.63) is 40.7 Å². The summed E-state index contributed by atoms with van der Waals surface area (Å²) in [7, 11) is 0. The third kappa shape index (κ3) is 2.11. The smallest absolute Gasteiger partial charge is 0.381 e. The summed E-state index contributed by atoms with van der Waals surface area (Å²) < 4.78 is 1.55. The van der Waals surface area contributed by atoms with Gasteiger partial charge in [0, 0.05) is 0 Å². The lowest BCUT2D eigenvalue weighted by Gasteiger charge is -1.99. The molecule has 0 spiro atoms. The number of aromatic nitrogens is 4. The van der Waals surface area contributed by atoms with Gasteiger partial charge in [-0.15, -0.1) is 0 Å². The van der Waals surface area contributed by atoms with Crippen molar-refractivity contribution in [1.82, 2.24) is 19.5 Å². The Kier molecular flexibility index (Phi) is 2.46. The Balaban J connectivity index is 2.14. The van der Waals surface area contributed by atoms with Crippen molar-refractivity contribution in [2.24, 2.45) is 0 Å². The quantitative estimate of drug-likeness (QED) is 0.584. The van der Waals surface area contributed by atoms with Gasteiger partial charge in [0.15, 0.2) is 0 Å². The van der Waals surface area contributed by atoms with Crippen LogP contribution in [0.25, 0.3) is 0 Å². The van der Waals surface area contributed by atoms with E-state index < -0.39 is 4.92 Å². The first kappa shape index (κ1) is 10.0. The Morgan fingerprint density at radius 1 is 1.38 bits per heavy atom. The summed E-state index contributed by atoms with van der Waals surface area (Å²) in [5.74, 6) is 0.142. The van der Waals surface area contributed by atoms with Crippen LogP contribution < -0.4 is 5.73 Å². The molecule has 8 nitrogen and oxygen atoms in total. The summed E-state index contributed by atoms with van der Waals surface area (Å²) in [5, 5.41) is 10.4. The van der Waals surface area contributed by atoms with Crippen LogP contribution in [0.1, 0.15) is 5.69 Å². The first-order chi connectivity index (χ1) is 7.65. The molecule has 0 atom stereocenters. The number of nitro groups is 1. The molecule has 0 saturated heterocycles. The molecule has 0 fully saturated rings. The second kappa shape index (κ2) is 3.93. The van der Waals surface area contributed by atoms with E-state index in [1.807, 2.05) is 0 Å². The normalized spacial score (nSPS) is 10.2. The maximum absolute atomic E-state index is 10.4. The minimum absolute atomic E-state index is 0.191. The number of rotatable bonds is 3. The molecule has 0 aliphatic rings. The van der Waals surface area contributed by atoms with Gasteiger partial charge in [-0.2, -0.15) is 0 Å². The van der Waals surface area contributed by atoms with Gasteiger partial charge in [0.25, 0.3) is 0 Å². The largest absolute Gasteiger partial charge is 0.382 e. The summed E-state index contributed by atoms with van der Waals surface area (Å²) in [5.41, 5.74) is 6.04. The SMILES string of the molecule is Nc1cnc(Cn2cnc([N+](=O)[O-])c2)cn1. The van der Waals surface area contributed by atoms with E-state index in [0.29, 0.717) is 18.1 Å². The first-order valence-electron chi connectivity index (χ1n) is 4.38. The summed E-state index contributed by atoms with van der Waals surface area (Å²) in [4.78, 5) is 21.4. The minimum atomic E-state index is -0.550. The van der Waals surface area contributed by atoms with Crippen molar-refractivity contribution in [2.75, 3.05) is 5.73 Å². The number of nitrogens with two attached hydrogens (primary N) is 1. The van der Waals surface area contributed by atoms with Crippen LogP contribution in [0.3, 0.4) is 0 Å². The Labute approximate surface area is 89.9 Å². The summed E-state index contributed by atoms with van der Waals surface area (Å²) in [6.45, 7) is 0.369. The van der Waals surface area contributed by atoms with E-state index >= 15 is 0 Å². The predicted octanol–water partition coefficient (Wildman–Crippen LogP) is 0.212. The number of hydrogen-bond donors (Lipinski definition) is 1. The number of nitrogen functional groups attached to an aromatic ring is 1. The molecule has 0 radical (unpaired) electrons. The highest BCUT2D eigenvalue weighted by Gasteiger charge is 2.09. The zero-order chi connectivity index (χ0) is 11.5. The summed E-state index contributed by atoms with van der Waals surface area (Å²) >= 11 is 0. The molecule has 2 aromatic heterocycles. The van der Waals surface area contributed by atoms with Gasteiger partial charge in [0.1, 0.15) is 12.0 Å². The van der Waals surface area contributed by atoms with Gasteiger partial charge in [0.05, 0.1) is 24.6 Å². The molecule has 16 heavy (non-hydrogen) atoms. The number of anilines is 1. The van der Waals surface area contributed by atoms with Gasteiger partial charge >= 0.3 is 5.82 Å². The molecule has 2 N–H and O–H groups in total. The second-order valence-corrected chi connectivity index (χ2v) is 3.09. The van der Waals surface area contributed by atoms with Gasteiger partial charge in [-0.25, -0.2) is 4.98 Å². The fraction of sp³-hybridized carbons (Fsp3) is 0.125. The minimum Gasteiger partial charge on any atom is -0.382 e. The second-order valence-electron chi connectivity index (χ2n) is 3.09. The van der Waals surface area contributed by atoms with Crippen molar-refractivity contribution in [3.8, 4) is 0 Å². The van der Waals surface area contributed by atoms with E-state index in [0.717, 1.165) is 0 Å². The third-order valence-electron chi connectivity index (χ3n) is 1.88. The fourth-order valence-electron chi connectivity index (χ4n) is 1.16. The van der Waals surface area contributed by atoms with Crippen molar-refractivity contribution in [2.45, 2.75) is 6.54 Å². The highest BCUT2D eigenvalue weighted by Crippen LogP contribution is 2.07. The maximum atomic E-state index is 10.4. The fourth-order valence-corrected chi connectivity index (χ4v) is 1.16. The predicted molar refractivity (Wildman–Crippen MR) is 54.4 cm³/mol. The molecule has 0 aliphatic carbocycles. The van der Waals surface area contributed by atoms with Crippen LogP contribution >= 0.6 is 0 Å². The van der Waals surface area contributed by atoms with Crippen LogP contribution in [0.5, 0.6) is 0 Å². The standard InChI is InChI=1S/C8H8N6O2/c9-7-2-10-6(1-11-7)3-13-4-8(12-5-13)14(15)16/h1-2,4-5H,3H2,(H2,9,11). The Bertz CT molecular complexity index is 506. The maximum Gasteiger partial charge on any atom is 0.381 e. The van der Waals surface area contributed by atoms with E-state index in [1.165, 1.54) is 24.9 Å².